The lowest BCUT2D eigenvalue weighted by atomic mass is 10.0. The van der Waals surface area contributed by atoms with E-state index >= 15 is 0 Å². The summed E-state index contributed by atoms with van der Waals surface area (Å²) in [5.41, 5.74) is 7.00. The van der Waals surface area contributed by atoms with Gasteiger partial charge in [0.15, 0.2) is 11.5 Å². The average molecular weight is 260 g/mol. The van der Waals surface area contributed by atoms with E-state index < -0.39 is 6.04 Å². The molecule has 1 heterocycles. The summed E-state index contributed by atoms with van der Waals surface area (Å²) in [7, 11) is 1.44. The Balaban J connectivity index is 2.53. The molecule has 4 nitrogen and oxygen atoms in total. The third-order valence-corrected chi connectivity index (χ3v) is 3.59. The number of aromatic hydroxyl groups is 1. The number of phenolic OH excluding ortho intramolecular Hbond substituents is 1. The number of phenols is 1. The molecule has 0 bridgehead atoms. The number of rotatable bonds is 3. The van der Waals surface area contributed by atoms with E-state index in [1.54, 1.807) is 6.07 Å². The van der Waals surface area contributed by atoms with E-state index in [0.717, 1.165) is 4.88 Å². The molecule has 1 aromatic carbocycles. The van der Waals surface area contributed by atoms with E-state index in [9.17, 15) is 5.11 Å². The maximum Gasteiger partial charge on any atom is 0.162 e. The molecule has 1 aromatic heterocycles. The predicted molar refractivity (Wildman–Crippen MR) is 69.7 cm³/mol. The minimum Gasteiger partial charge on any atom is -0.504 e. The van der Waals surface area contributed by atoms with Gasteiger partial charge in [-0.2, -0.15) is 5.26 Å². The minimum absolute atomic E-state index is 0.0163. The van der Waals surface area contributed by atoms with Crippen LogP contribution in [0.4, 0.5) is 0 Å². The van der Waals surface area contributed by atoms with Crippen molar-refractivity contribution >= 4 is 11.3 Å². The number of hydrogen-bond donors (Lipinski definition) is 2. The number of thiophene rings is 1. The molecule has 0 amide bonds. The van der Waals surface area contributed by atoms with Gasteiger partial charge in [-0.3, -0.25) is 0 Å². The van der Waals surface area contributed by atoms with Crippen LogP contribution in [0, 0.1) is 11.3 Å². The second-order valence-electron chi connectivity index (χ2n) is 3.72. The first kappa shape index (κ1) is 12.4. The third-order valence-electron chi connectivity index (χ3n) is 2.64. The number of hydrogen-bond acceptors (Lipinski definition) is 5. The highest BCUT2D eigenvalue weighted by Gasteiger charge is 2.18. The van der Waals surface area contributed by atoms with Gasteiger partial charge in [-0.25, -0.2) is 0 Å². The van der Waals surface area contributed by atoms with Crippen molar-refractivity contribution in [1.82, 2.24) is 0 Å². The highest BCUT2D eigenvalue weighted by Crippen LogP contribution is 2.37. The molecular weight excluding hydrogens is 248 g/mol. The number of nitrogens with two attached hydrogens (primary N) is 1. The van der Waals surface area contributed by atoms with Crippen molar-refractivity contribution in [2.45, 2.75) is 6.04 Å². The third kappa shape index (κ3) is 2.16. The number of benzene rings is 1. The first-order valence-electron chi connectivity index (χ1n) is 5.27. The normalized spacial score (nSPS) is 11.8. The summed E-state index contributed by atoms with van der Waals surface area (Å²) < 4.78 is 5.04. The predicted octanol–water partition coefficient (Wildman–Crippen LogP) is 2.38. The van der Waals surface area contributed by atoms with Gasteiger partial charge in [0, 0.05) is 16.5 Å². The van der Waals surface area contributed by atoms with Crippen LogP contribution in [-0.4, -0.2) is 12.2 Å². The molecule has 1 atom stereocenters. The largest absolute Gasteiger partial charge is 0.504 e. The van der Waals surface area contributed by atoms with Crippen LogP contribution in [0.15, 0.2) is 29.6 Å². The topological polar surface area (TPSA) is 79.3 Å². The molecule has 0 radical (unpaired) electrons. The average Bonchev–Trinajstić information content (AvgIpc) is 2.92. The fourth-order valence-corrected chi connectivity index (χ4v) is 2.45. The van der Waals surface area contributed by atoms with Gasteiger partial charge < -0.3 is 15.6 Å². The smallest absolute Gasteiger partial charge is 0.162 e. The van der Waals surface area contributed by atoms with Crippen molar-refractivity contribution in [3.8, 4) is 17.6 Å². The van der Waals surface area contributed by atoms with Crippen LogP contribution in [0.1, 0.15) is 22.0 Å². The molecule has 0 saturated heterocycles. The molecule has 0 saturated carbocycles. The van der Waals surface area contributed by atoms with E-state index in [4.69, 9.17) is 15.7 Å². The summed E-state index contributed by atoms with van der Waals surface area (Å²) in [5.74, 6) is 0.244. The van der Waals surface area contributed by atoms with Crippen LogP contribution >= 0.6 is 11.3 Å². The van der Waals surface area contributed by atoms with Crippen LogP contribution in [0.25, 0.3) is 0 Å². The zero-order valence-corrected chi connectivity index (χ0v) is 10.6. The molecule has 2 rings (SSSR count). The standard InChI is InChI=1S/C13H12N2O2S/c1-17-10-6-8(7-14)5-9(13(10)16)12(15)11-3-2-4-18-11/h2-6,12,16H,15H2,1H3/t12-/m0/s1. The van der Waals surface area contributed by atoms with Crippen LogP contribution in [0.3, 0.4) is 0 Å². The first-order chi connectivity index (χ1) is 8.67. The Bertz CT molecular complexity index is 588. The molecular formula is C13H12N2O2S. The summed E-state index contributed by atoms with van der Waals surface area (Å²) in [6, 6.07) is 8.41. The van der Waals surface area contributed by atoms with Crippen LogP contribution < -0.4 is 10.5 Å². The lowest BCUT2D eigenvalue weighted by Gasteiger charge is -2.14. The van der Waals surface area contributed by atoms with Crippen LogP contribution in [0.5, 0.6) is 11.5 Å². The Kier molecular flexibility index (Phi) is 3.51. The van der Waals surface area contributed by atoms with Crippen molar-refractivity contribution < 1.29 is 9.84 Å². The molecule has 5 heteroatoms. The van der Waals surface area contributed by atoms with Gasteiger partial charge in [0.25, 0.3) is 0 Å². The van der Waals surface area contributed by atoms with E-state index in [2.05, 4.69) is 0 Å². The Labute approximate surface area is 109 Å². The molecule has 0 aliphatic rings. The fourth-order valence-electron chi connectivity index (χ4n) is 1.71. The molecule has 92 valence electrons. The lowest BCUT2D eigenvalue weighted by molar-refractivity contribution is 0.369. The van der Waals surface area contributed by atoms with E-state index in [1.165, 1.54) is 24.5 Å². The summed E-state index contributed by atoms with van der Waals surface area (Å²) in [6.07, 6.45) is 0. The summed E-state index contributed by atoms with van der Waals surface area (Å²) in [6.45, 7) is 0. The Hall–Kier alpha value is -2.03. The first-order valence-corrected chi connectivity index (χ1v) is 6.15. The van der Waals surface area contributed by atoms with Crippen molar-refractivity contribution in [3.63, 3.8) is 0 Å². The molecule has 0 unspecified atom stereocenters. The van der Waals surface area contributed by atoms with Crippen molar-refractivity contribution in [3.05, 3.63) is 45.6 Å². The number of nitriles is 1. The second-order valence-corrected chi connectivity index (χ2v) is 4.70. The molecule has 0 fully saturated rings. The maximum absolute atomic E-state index is 10.1. The van der Waals surface area contributed by atoms with Crippen molar-refractivity contribution in [1.29, 1.82) is 5.26 Å². The summed E-state index contributed by atoms with van der Waals surface area (Å²) in [5, 5.41) is 20.9. The molecule has 18 heavy (non-hydrogen) atoms. The highest BCUT2D eigenvalue weighted by atomic mass is 32.1. The van der Waals surface area contributed by atoms with E-state index in [0.29, 0.717) is 11.1 Å². The Morgan fingerprint density at radius 1 is 1.50 bits per heavy atom. The summed E-state index contributed by atoms with van der Waals surface area (Å²) in [4.78, 5) is 0.919. The van der Waals surface area contributed by atoms with Gasteiger partial charge >= 0.3 is 0 Å². The van der Waals surface area contributed by atoms with Crippen molar-refractivity contribution in [2.75, 3.05) is 7.11 Å². The molecule has 0 aliphatic heterocycles. The lowest BCUT2D eigenvalue weighted by Crippen LogP contribution is -2.11. The van der Waals surface area contributed by atoms with E-state index in [1.807, 2.05) is 23.6 Å². The zero-order chi connectivity index (χ0) is 13.1. The van der Waals surface area contributed by atoms with Gasteiger partial charge in [-0.1, -0.05) is 6.07 Å². The van der Waals surface area contributed by atoms with Gasteiger partial charge in [0.1, 0.15) is 0 Å². The van der Waals surface area contributed by atoms with Gasteiger partial charge in [0.05, 0.1) is 24.8 Å². The summed E-state index contributed by atoms with van der Waals surface area (Å²) >= 11 is 1.50. The van der Waals surface area contributed by atoms with Crippen molar-refractivity contribution in [2.24, 2.45) is 5.73 Å². The highest BCUT2D eigenvalue weighted by molar-refractivity contribution is 7.10. The minimum atomic E-state index is -0.466. The molecule has 3 N–H and O–H groups in total. The number of ether oxygens (including phenoxy) is 1. The molecule has 0 aliphatic carbocycles. The van der Waals surface area contributed by atoms with E-state index in [-0.39, 0.29) is 11.5 Å². The fraction of sp³-hybridized carbons (Fsp3) is 0.154. The van der Waals surface area contributed by atoms with Gasteiger partial charge in [-0.15, -0.1) is 11.3 Å². The Morgan fingerprint density at radius 2 is 2.28 bits per heavy atom. The van der Waals surface area contributed by atoms with Gasteiger partial charge in [0.2, 0.25) is 0 Å². The van der Waals surface area contributed by atoms with Crippen LogP contribution in [0.2, 0.25) is 0 Å². The maximum atomic E-state index is 10.1. The molecule has 0 spiro atoms. The quantitative estimate of drug-likeness (QED) is 0.888. The second kappa shape index (κ2) is 5.08. The van der Waals surface area contributed by atoms with Crippen LogP contribution in [-0.2, 0) is 0 Å². The monoisotopic (exact) mass is 260 g/mol. The molecule has 2 aromatic rings. The number of methoxy groups -OCH3 is 1. The Morgan fingerprint density at radius 3 is 2.83 bits per heavy atom. The number of nitrogens with zero attached hydrogens (tertiary/aromatic N) is 1. The zero-order valence-electron chi connectivity index (χ0n) is 9.75. The SMILES string of the molecule is COc1cc(C#N)cc([C@H](N)c2cccs2)c1O. The van der Waals surface area contributed by atoms with Gasteiger partial charge in [-0.05, 0) is 17.5 Å².